The third-order valence-electron chi connectivity index (χ3n) is 4.68. The predicted molar refractivity (Wildman–Crippen MR) is 98.8 cm³/mol. The lowest BCUT2D eigenvalue weighted by atomic mass is 10.0. The molecular weight excluding hydrogens is 370 g/mol. The molecule has 0 bridgehead atoms. The fourth-order valence-corrected chi connectivity index (χ4v) is 3.42. The topological polar surface area (TPSA) is 135 Å². The van der Waals surface area contributed by atoms with E-state index in [0.29, 0.717) is 11.3 Å². The van der Waals surface area contributed by atoms with Gasteiger partial charge in [0.05, 0.1) is 5.56 Å². The number of halogens is 1. The smallest absolute Gasteiger partial charge is 0.325 e. The average Bonchev–Trinajstić information content (AvgIpc) is 3.43. The molecule has 0 aliphatic heterocycles. The van der Waals surface area contributed by atoms with Crippen molar-refractivity contribution in [3.05, 3.63) is 79.2 Å². The summed E-state index contributed by atoms with van der Waals surface area (Å²) in [6.07, 6.45) is 2.17. The Bertz CT molecular complexity index is 1150. The van der Waals surface area contributed by atoms with E-state index < -0.39 is 17.2 Å². The molecule has 0 unspecified atom stereocenters. The molecule has 3 aromatic rings. The number of nitrogens with two attached hydrogens (primary N) is 1. The van der Waals surface area contributed by atoms with Crippen LogP contribution in [0.1, 0.15) is 39.7 Å². The summed E-state index contributed by atoms with van der Waals surface area (Å²) in [6.45, 7) is 0. The largest absolute Gasteiger partial charge is 0.366 e. The van der Waals surface area contributed by atoms with E-state index in [2.05, 4.69) is 20.2 Å². The molecule has 1 aliphatic carbocycles. The molecule has 136 valence electrons. The minimum absolute atomic E-state index is 0.132. The Hall–Kier alpha value is -3.26. The average molecular weight is 384 g/mol. The highest BCUT2D eigenvalue weighted by Gasteiger charge is 2.41. The molecule has 1 fully saturated rings. The molecule has 8 nitrogen and oxygen atoms in total. The van der Waals surface area contributed by atoms with Gasteiger partial charge in [-0.15, -0.1) is 10.2 Å². The van der Waals surface area contributed by atoms with E-state index in [1.54, 1.807) is 18.2 Å². The van der Waals surface area contributed by atoms with Crippen LogP contribution in [0.25, 0.3) is 11.3 Å². The zero-order valence-corrected chi connectivity index (χ0v) is 14.7. The van der Waals surface area contributed by atoms with Crippen LogP contribution < -0.4 is 17.0 Å². The molecule has 1 aliphatic rings. The molecule has 9 heteroatoms. The van der Waals surface area contributed by atoms with E-state index in [1.165, 1.54) is 6.20 Å². The van der Waals surface area contributed by atoms with Crippen molar-refractivity contribution < 1.29 is 4.79 Å². The van der Waals surface area contributed by atoms with Crippen LogP contribution >= 0.6 is 11.6 Å². The molecule has 27 heavy (non-hydrogen) atoms. The monoisotopic (exact) mass is 383 g/mol. The van der Waals surface area contributed by atoms with Gasteiger partial charge < -0.3 is 10.7 Å². The van der Waals surface area contributed by atoms with Crippen molar-refractivity contribution in [2.75, 3.05) is 0 Å². The summed E-state index contributed by atoms with van der Waals surface area (Å²) in [5, 5.41) is 8.20. The van der Waals surface area contributed by atoms with E-state index in [9.17, 15) is 14.4 Å². The second-order valence-electron chi connectivity index (χ2n) is 6.40. The number of nitrogens with one attached hydrogen (secondary N) is 2. The van der Waals surface area contributed by atoms with Crippen LogP contribution in [0.3, 0.4) is 0 Å². The van der Waals surface area contributed by atoms with Crippen LogP contribution in [-0.2, 0) is 0 Å². The molecule has 1 aromatic carbocycles. The quantitative estimate of drug-likeness (QED) is 0.628. The van der Waals surface area contributed by atoms with Crippen molar-refractivity contribution in [2.45, 2.75) is 18.3 Å². The van der Waals surface area contributed by atoms with Gasteiger partial charge in [0.25, 0.3) is 5.56 Å². The van der Waals surface area contributed by atoms with Crippen molar-refractivity contribution in [3.63, 3.8) is 0 Å². The summed E-state index contributed by atoms with van der Waals surface area (Å²) in [4.78, 5) is 38.9. The third kappa shape index (κ3) is 3.26. The first-order chi connectivity index (χ1) is 12.9. The summed E-state index contributed by atoms with van der Waals surface area (Å²) in [5.74, 6) is -0.102. The van der Waals surface area contributed by atoms with E-state index >= 15 is 0 Å². The molecule has 2 heterocycles. The lowest BCUT2D eigenvalue weighted by molar-refractivity contribution is 0.100. The Balaban J connectivity index is 1.64. The van der Waals surface area contributed by atoms with Crippen molar-refractivity contribution in [2.24, 2.45) is 5.73 Å². The van der Waals surface area contributed by atoms with E-state index in [-0.39, 0.29) is 22.6 Å². The number of hydrogen-bond donors (Lipinski definition) is 3. The first kappa shape index (κ1) is 17.2. The van der Waals surface area contributed by atoms with Crippen molar-refractivity contribution in [3.8, 4) is 11.3 Å². The molecule has 4 N–H and O–H groups in total. The highest BCUT2D eigenvalue weighted by atomic mass is 35.5. The van der Waals surface area contributed by atoms with Crippen LogP contribution in [0.2, 0.25) is 5.15 Å². The van der Waals surface area contributed by atoms with Gasteiger partial charge in [-0.05, 0) is 47.6 Å². The number of nitrogens with zero attached hydrogens (tertiary/aromatic N) is 2. The number of hydrogen-bond acceptors (Lipinski definition) is 5. The number of benzene rings is 1. The predicted octanol–water partition coefficient (Wildman–Crippen LogP) is 1.54. The Morgan fingerprint density at radius 1 is 1.15 bits per heavy atom. The molecule has 4 rings (SSSR count). The second-order valence-corrected chi connectivity index (χ2v) is 6.75. The number of carbonyl (C=O) groups excluding carboxylic acids is 1. The summed E-state index contributed by atoms with van der Waals surface area (Å²) >= 11 is 6.22. The van der Waals surface area contributed by atoms with E-state index in [0.717, 1.165) is 17.5 Å². The minimum atomic E-state index is -0.590. The highest BCUT2D eigenvalue weighted by molar-refractivity contribution is 6.30. The minimum Gasteiger partial charge on any atom is -0.366 e. The van der Waals surface area contributed by atoms with Crippen LogP contribution in [0.5, 0.6) is 0 Å². The third-order valence-corrected chi connectivity index (χ3v) is 4.98. The van der Waals surface area contributed by atoms with Gasteiger partial charge >= 0.3 is 5.69 Å². The summed E-state index contributed by atoms with van der Waals surface area (Å²) in [5.41, 5.74) is 6.99. The molecule has 0 spiro atoms. The van der Waals surface area contributed by atoms with E-state index in [4.69, 9.17) is 17.3 Å². The first-order valence-electron chi connectivity index (χ1n) is 8.19. The lowest BCUT2D eigenvalue weighted by Gasteiger charge is -2.06. The second kappa shape index (κ2) is 6.48. The number of amides is 1. The maximum atomic E-state index is 12.0. The van der Waals surface area contributed by atoms with Crippen molar-refractivity contribution in [1.29, 1.82) is 0 Å². The maximum Gasteiger partial charge on any atom is 0.325 e. The number of aromatic amines is 2. The number of H-pyrrole nitrogens is 2. The van der Waals surface area contributed by atoms with E-state index in [1.807, 2.05) is 12.1 Å². The number of rotatable bonds is 4. The molecule has 1 amide bonds. The van der Waals surface area contributed by atoms with Crippen LogP contribution in [0.15, 0.2) is 46.1 Å². The Morgan fingerprint density at radius 3 is 2.56 bits per heavy atom. The van der Waals surface area contributed by atoms with Crippen LogP contribution in [0.4, 0.5) is 0 Å². The fraction of sp³-hybridized carbons (Fsp3) is 0.167. The van der Waals surface area contributed by atoms with Gasteiger partial charge in [0.15, 0.2) is 5.15 Å². The van der Waals surface area contributed by atoms with Gasteiger partial charge in [0, 0.05) is 11.8 Å². The summed E-state index contributed by atoms with van der Waals surface area (Å²) in [7, 11) is 0. The van der Waals surface area contributed by atoms with Gasteiger partial charge in [0.1, 0.15) is 5.69 Å². The van der Waals surface area contributed by atoms with Crippen LogP contribution in [0, 0.1) is 0 Å². The molecule has 0 radical (unpaired) electrons. The van der Waals surface area contributed by atoms with Crippen molar-refractivity contribution in [1.82, 2.24) is 20.2 Å². The van der Waals surface area contributed by atoms with Gasteiger partial charge in [-0.3, -0.25) is 14.6 Å². The van der Waals surface area contributed by atoms with Gasteiger partial charge in [-0.1, -0.05) is 23.7 Å². The molecule has 2 aromatic heterocycles. The maximum absolute atomic E-state index is 12.0. The summed E-state index contributed by atoms with van der Waals surface area (Å²) in [6, 6.07) is 8.87. The standard InChI is InChI=1S/C18H14ClN5O3/c19-15-12(6-14(23-24-15)13-7-21-18(27)22-17(13)26)11-5-10(11)8-1-3-9(4-2-8)16(20)25/h1-4,6-7,10-11H,5H2,(H2,20,25)(H2,21,22,26,27)/t10-,11+/m1/s1. The molecule has 1 saturated carbocycles. The SMILES string of the molecule is NC(=O)c1ccc([C@H]2C[C@@H]2c2cc(-c3c[nH]c(=O)[nH]c3=O)nnc2Cl)cc1. The summed E-state index contributed by atoms with van der Waals surface area (Å²) < 4.78 is 0. The van der Waals surface area contributed by atoms with Gasteiger partial charge in [0.2, 0.25) is 5.91 Å². The number of carbonyl (C=O) groups is 1. The van der Waals surface area contributed by atoms with Gasteiger partial charge in [-0.2, -0.15) is 0 Å². The van der Waals surface area contributed by atoms with Crippen molar-refractivity contribution >= 4 is 17.5 Å². The first-order valence-corrected chi connectivity index (χ1v) is 8.57. The van der Waals surface area contributed by atoms with Crippen LogP contribution in [-0.4, -0.2) is 26.1 Å². The highest BCUT2D eigenvalue weighted by Crippen LogP contribution is 2.56. The normalized spacial score (nSPS) is 18.3. The zero-order valence-electron chi connectivity index (χ0n) is 13.9. The zero-order chi connectivity index (χ0) is 19.1. The Labute approximate surface area is 157 Å². The van der Waals surface area contributed by atoms with Gasteiger partial charge in [-0.25, -0.2) is 4.79 Å². The number of aromatic nitrogens is 4. The fourth-order valence-electron chi connectivity index (χ4n) is 3.18. The Morgan fingerprint density at radius 2 is 1.89 bits per heavy atom. The number of primary amides is 1. The molecular formula is C18H14ClN5O3. The molecule has 0 saturated heterocycles. The molecule has 2 atom stereocenters. The Kier molecular flexibility index (Phi) is 4.12. The lowest BCUT2D eigenvalue weighted by Crippen LogP contribution is -2.23.